The third-order valence-corrected chi connectivity index (χ3v) is 3.65. The molecule has 0 bridgehead atoms. The third-order valence-electron chi connectivity index (χ3n) is 3.65. The number of ether oxygens (including phenoxy) is 1. The maximum atomic E-state index is 5.41. The molecule has 1 aliphatic rings. The van der Waals surface area contributed by atoms with Crippen molar-refractivity contribution in [3.8, 4) is 18.1 Å². The van der Waals surface area contributed by atoms with Gasteiger partial charge in [-0.25, -0.2) is 0 Å². The standard InChI is InChI=1S/C16H21NO/c1-3-4-7-10-17-14-11-13(12-14)15-8-5-6-9-16(15)18-2/h1,5-6,8-9,13-14,17H,4,7,10-12H2,2H3. The van der Waals surface area contributed by atoms with E-state index in [0.29, 0.717) is 12.0 Å². The third kappa shape index (κ3) is 3.05. The van der Waals surface area contributed by atoms with Gasteiger partial charge in [-0.15, -0.1) is 12.3 Å². The van der Waals surface area contributed by atoms with Gasteiger partial charge in [0.05, 0.1) is 7.11 Å². The highest BCUT2D eigenvalue weighted by Crippen LogP contribution is 2.40. The lowest BCUT2D eigenvalue weighted by molar-refractivity contribution is 0.283. The topological polar surface area (TPSA) is 21.3 Å². The Morgan fingerprint density at radius 3 is 2.89 bits per heavy atom. The molecular formula is C16H21NO. The molecule has 0 saturated heterocycles. The summed E-state index contributed by atoms with van der Waals surface area (Å²) in [5.74, 6) is 4.34. The molecular weight excluding hydrogens is 222 g/mol. The van der Waals surface area contributed by atoms with Crippen LogP contribution in [0.4, 0.5) is 0 Å². The van der Waals surface area contributed by atoms with Crippen molar-refractivity contribution in [2.75, 3.05) is 13.7 Å². The number of terminal acetylenes is 1. The number of nitrogens with one attached hydrogen (secondary N) is 1. The zero-order valence-corrected chi connectivity index (χ0v) is 11.0. The second-order valence-corrected chi connectivity index (χ2v) is 4.87. The molecule has 0 aromatic heterocycles. The highest BCUT2D eigenvalue weighted by molar-refractivity contribution is 5.37. The zero-order chi connectivity index (χ0) is 12.8. The number of unbranched alkanes of at least 4 members (excludes halogenated alkanes) is 1. The van der Waals surface area contributed by atoms with Crippen LogP contribution in [0.5, 0.6) is 5.75 Å². The van der Waals surface area contributed by atoms with Gasteiger partial charge < -0.3 is 10.1 Å². The molecule has 18 heavy (non-hydrogen) atoms. The van der Waals surface area contributed by atoms with E-state index in [1.165, 1.54) is 18.4 Å². The number of hydrogen-bond acceptors (Lipinski definition) is 2. The molecule has 0 amide bonds. The summed E-state index contributed by atoms with van der Waals surface area (Å²) in [4.78, 5) is 0. The van der Waals surface area contributed by atoms with Crippen molar-refractivity contribution >= 4 is 0 Å². The molecule has 0 aliphatic heterocycles. The van der Waals surface area contributed by atoms with Crippen molar-refractivity contribution in [3.05, 3.63) is 29.8 Å². The van der Waals surface area contributed by atoms with Crippen LogP contribution in [0.25, 0.3) is 0 Å². The molecule has 0 atom stereocenters. The maximum Gasteiger partial charge on any atom is 0.122 e. The summed E-state index contributed by atoms with van der Waals surface area (Å²) in [6.07, 6.45) is 9.59. The molecule has 2 heteroatoms. The van der Waals surface area contributed by atoms with E-state index in [1.807, 2.05) is 12.1 Å². The minimum atomic E-state index is 0.645. The summed E-state index contributed by atoms with van der Waals surface area (Å²) in [5, 5.41) is 3.55. The SMILES string of the molecule is C#CCCCNC1CC(c2ccccc2OC)C1. The fraction of sp³-hybridized carbons (Fsp3) is 0.500. The lowest BCUT2D eigenvalue weighted by Gasteiger charge is -2.37. The van der Waals surface area contributed by atoms with Gasteiger partial charge in [0.1, 0.15) is 5.75 Å². The summed E-state index contributed by atoms with van der Waals surface area (Å²) in [6, 6.07) is 8.99. The van der Waals surface area contributed by atoms with Crippen LogP contribution in [0, 0.1) is 12.3 Å². The second kappa shape index (κ2) is 6.47. The first-order valence-electron chi connectivity index (χ1n) is 6.65. The van der Waals surface area contributed by atoms with Gasteiger partial charge >= 0.3 is 0 Å². The predicted octanol–water partition coefficient (Wildman–Crippen LogP) is 2.94. The molecule has 1 fully saturated rings. The Labute approximate surface area is 110 Å². The van der Waals surface area contributed by atoms with Crippen LogP contribution in [0.15, 0.2) is 24.3 Å². The molecule has 0 radical (unpaired) electrons. The molecule has 0 heterocycles. The molecule has 1 aromatic rings. The van der Waals surface area contributed by atoms with Crippen LogP contribution in [-0.2, 0) is 0 Å². The Morgan fingerprint density at radius 2 is 2.17 bits per heavy atom. The van der Waals surface area contributed by atoms with Crippen LogP contribution in [0.2, 0.25) is 0 Å². The van der Waals surface area contributed by atoms with Gasteiger partial charge in [-0.2, -0.15) is 0 Å². The van der Waals surface area contributed by atoms with Crippen molar-refractivity contribution in [1.29, 1.82) is 0 Å². The van der Waals surface area contributed by atoms with Crippen LogP contribution < -0.4 is 10.1 Å². The van der Waals surface area contributed by atoms with E-state index in [4.69, 9.17) is 11.2 Å². The van der Waals surface area contributed by atoms with Gasteiger partial charge in [-0.05, 0) is 43.4 Å². The Hall–Kier alpha value is -1.46. The molecule has 0 unspecified atom stereocenters. The number of rotatable bonds is 6. The summed E-state index contributed by atoms with van der Waals surface area (Å²) in [6.45, 7) is 1.04. The van der Waals surface area contributed by atoms with E-state index >= 15 is 0 Å². The van der Waals surface area contributed by atoms with Crippen LogP contribution in [0.1, 0.15) is 37.2 Å². The predicted molar refractivity (Wildman–Crippen MR) is 74.8 cm³/mol. The number of benzene rings is 1. The Kier molecular flexibility index (Phi) is 4.66. The number of methoxy groups -OCH3 is 1. The Bertz CT molecular complexity index is 415. The van der Waals surface area contributed by atoms with Crippen LogP contribution >= 0.6 is 0 Å². The second-order valence-electron chi connectivity index (χ2n) is 4.87. The van der Waals surface area contributed by atoms with Gasteiger partial charge in [0.2, 0.25) is 0 Å². The first-order chi connectivity index (χ1) is 8.85. The molecule has 0 spiro atoms. The quantitative estimate of drug-likeness (QED) is 0.612. The highest BCUT2D eigenvalue weighted by Gasteiger charge is 2.31. The molecule has 2 nitrogen and oxygen atoms in total. The smallest absolute Gasteiger partial charge is 0.122 e. The maximum absolute atomic E-state index is 5.41. The summed E-state index contributed by atoms with van der Waals surface area (Å²) < 4.78 is 5.41. The molecule has 1 saturated carbocycles. The van der Waals surface area contributed by atoms with E-state index in [9.17, 15) is 0 Å². The molecule has 1 aliphatic carbocycles. The fourth-order valence-electron chi connectivity index (χ4n) is 2.54. The molecule has 96 valence electrons. The zero-order valence-electron chi connectivity index (χ0n) is 11.0. The lowest BCUT2D eigenvalue weighted by Crippen LogP contribution is -2.40. The van der Waals surface area contributed by atoms with E-state index in [-0.39, 0.29) is 0 Å². The first-order valence-corrected chi connectivity index (χ1v) is 6.65. The molecule has 1 aromatic carbocycles. The Morgan fingerprint density at radius 1 is 1.39 bits per heavy atom. The van der Waals surface area contributed by atoms with E-state index in [2.05, 4.69) is 23.4 Å². The fourth-order valence-corrected chi connectivity index (χ4v) is 2.54. The van der Waals surface area contributed by atoms with Crippen molar-refractivity contribution in [3.63, 3.8) is 0 Å². The number of hydrogen-bond donors (Lipinski definition) is 1. The summed E-state index contributed by atoms with van der Waals surface area (Å²) in [7, 11) is 1.74. The summed E-state index contributed by atoms with van der Waals surface area (Å²) in [5.41, 5.74) is 1.35. The van der Waals surface area contributed by atoms with Gasteiger partial charge in [0.15, 0.2) is 0 Å². The van der Waals surface area contributed by atoms with Crippen molar-refractivity contribution in [2.45, 2.75) is 37.6 Å². The van der Waals surface area contributed by atoms with Crippen molar-refractivity contribution < 1.29 is 4.74 Å². The van der Waals surface area contributed by atoms with E-state index in [1.54, 1.807) is 7.11 Å². The minimum Gasteiger partial charge on any atom is -0.496 e. The largest absolute Gasteiger partial charge is 0.496 e. The normalized spacial score (nSPS) is 22.0. The van der Waals surface area contributed by atoms with Gasteiger partial charge in [-0.1, -0.05) is 18.2 Å². The van der Waals surface area contributed by atoms with Crippen molar-refractivity contribution in [1.82, 2.24) is 5.32 Å². The number of para-hydroxylation sites is 1. The lowest BCUT2D eigenvalue weighted by atomic mass is 9.75. The van der Waals surface area contributed by atoms with E-state index < -0.39 is 0 Å². The highest BCUT2D eigenvalue weighted by atomic mass is 16.5. The Balaban J connectivity index is 1.77. The average molecular weight is 243 g/mol. The first kappa shape index (κ1) is 13.0. The minimum absolute atomic E-state index is 0.645. The van der Waals surface area contributed by atoms with E-state index in [0.717, 1.165) is 25.1 Å². The van der Waals surface area contributed by atoms with Gasteiger partial charge in [-0.3, -0.25) is 0 Å². The van der Waals surface area contributed by atoms with Crippen LogP contribution in [0.3, 0.4) is 0 Å². The van der Waals surface area contributed by atoms with Gasteiger partial charge in [0, 0.05) is 12.5 Å². The monoisotopic (exact) mass is 243 g/mol. The van der Waals surface area contributed by atoms with Gasteiger partial charge in [0.25, 0.3) is 0 Å². The molecule has 1 N–H and O–H groups in total. The average Bonchev–Trinajstić information content (AvgIpc) is 2.36. The van der Waals surface area contributed by atoms with Crippen LogP contribution in [-0.4, -0.2) is 19.7 Å². The van der Waals surface area contributed by atoms with Crippen molar-refractivity contribution in [2.24, 2.45) is 0 Å². The summed E-state index contributed by atoms with van der Waals surface area (Å²) >= 11 is 0. The molecule has 2 rings (SSSR count).